The van der Waals surface area contributed by atoms with E-state index in [9.17, 15) is 18.0 Å². The second-order valence-electron chi connectivity index (χ2n) is 8.76. The van der Waals surface area contributed by atoms with Crippen molar-refractivity contribution in [3.05, 3.63) is 77.6 Å². The van der Waals surface area contributed by atoms with E-state index in [2.05, 4.69) is 22.2 Å². The maximum absolute atomic E-state index is 13.8. The molecule has 1 unspecified atom stereocenters. The first-order valence-corrected chi connectivity index (χ1v) is 11.3. The van der Waals surface area contributed by atoms with Gasteiger partial charge in [0.25, 0.3) is 5.91 Å². The molecule has 0 spiro atoms. The van der Waals surface area contributed by atoms with Gasteiger partial charge in [-0.15, -0.1) is 0 Å². The molecule has 1 N–H and O–H groups in total. The van der Waals surface area contributed by atoms with Gasteiger partial charge in [0.1, 0.15) is 5.82 Å². The van der Waals surface area contributed by atoms with E-state index >= 15 is 0 Å². The second kappa shape index (κ2) is 9.83. The Hall–Kier alpha value is -3.42. The van der Waals surface area contributed by atoms with E-state index in [1.54, 1.807) is 6.20 Å². The zero-order valence-electron chi connectivity index (χ0n) is 19.1. The van der Waals surface area contributed by atoms with Gasteiger partial charge in [-0.3, -0.25) is 9.78 Å². The molecule has 2 atom stereocenters. The molecule has 34 heavy (non-hydrogen) atoms. The van der Waals surface area contributed by atoms with Crippen molar-refractivity contribution in [1.82, 2.24) is 14.9 Å². The Bertz CT molecular complexity index is 1130. The Morgan fingerprint density at radius 1 is 1.15 bits per heavy atom. The monoisotopic (exact) mass is 468 g/mol. The molecule has 178 valence electrons. The van der Waals surface area contributed by atoms with E-state index in [-0.39, 0.29) is 17.9 Å². The first-order chi connectivity index (χ1) is 16.2. The normalized spacial score (nSPS) is 18.6. The molecule has 5 nitrogen and oxygen atoms in total. The third-order valence-electron chi connectivity index (χ3n) is 6.31. The van der Waals surface area contributed by atoms with Gasteiger partial charge in [-0.25, -0.2) is 4.98 Å². The topological polar surface area (TPSA) is 58.1 Å². The summed E-state index contributed by atoms with van der Waals surface area (Å²) < 4.78 is 38.5. The van der Waals surface area contributed by atoms with Gasteiger partial charge in [-0.2, -0.15) is 13.2 Å². The highest BCUT2D eigenvalue weighted by atomic mass is 19.4. The van der Waals surface area contributed by atoms with Crippen LogP contribution in [0.2, 0.25) is 0 Å². The fourth-order valence-electron chi connectivity index (χ4n) is 4.42. The number of likely N-dealkylation sites (tertiary alicyclic amines) is 1. The van der Waals surface area contributed by atoms with E-state index in [1.807, 2.05) is 48.2 Å². The van der Waals surface area contributed by atoms with Crippen LogP contribution in [0.25, 0.3) is 11.3 Å². The van der Waals surface area contributed by atoms with E-state index in [4.69, 9.17) is 0 Å². The maximum atomic E-state index is 13.8. The minimum absolute atomic E-state index is 0.0666. The second-order valence-corrected chi connectivity index (χ2v) is 8.76. The molecule has 0 radical (unpaired) electrons. The number of pyridine rings is 2. The number of aryl methyl sites for hydroxylation is 1. The number of piperidine rings is 1. The highest BCUT2D eigenvalue weighted by Crippen LogP contribution is 2.31. The van der Waals surface area contributed by atoms with Crippen LogP contribution in [0.5, 0.6) is 0 Å². The quantitative estimate of drug-likeness (QED) is 0.512. The number of alkyl halides is 3. The number of carbonyl (C=O) groups is 1. The number of hydrogen-bond donors (Lipinski definition) is 1. The molecule has 1 saturated heterocycles. The number of carbonyl (C=O) groups excluding carboxylic acids is 1. The van der Waals surface area contributed by atoms with Gasteiger partial charge in [-0.05, 0) is 56.0 Å². The van der Waals surface area contributed by atoms with Crippen molar-refractivity contribution in [1.29, 1.82) is 0 Å². The standard InChI is InChI=1S/C26H27F3N4O/c1-17-8-10-20(22-7-3-4-12-30-22)21(14-17)25(34)33-13-5-6-18(2)23(33)16-32-24-11-9-19(15-31-24)26(27,28)29/h3-4,7-12,14-15,18,23H,5-6,13,16H2,1-2H3,(H,31,32)/t18-,23?/m1/s1. The van der Waals surface area contributed by atoms with Gasteiger partial charge in [-0.1, -0.05) is 30.7 Å². The molecule has 3 heterocycles. The van der Waals surface area contributed by atoms with Crippen molar-refractivity contribution in [3.63, 3.8) is 0 Å². The van der Waals surface area contributed by atoms with Crippen molar-refractivity contribution < 1.29 is 18.0 Å². The summed E-state index contributed by atoms with van der Waals surface area (Å²) in [4.78, 5) is 24.0. The summed E-state index contributed by atoms with van der Waals surface area (Å²) >= 11 is 0. The summed E-state index contributed by atoms with van der Waals surface area (Å²) in [5.41, 5.74) is 2.31. The lowest BCUT2D eigenvalue weighted by atomic mass is 9.89. The average Bonchev–Trinajstić information content (AvgIpc) is 2.83. The number of anilines is 1. The van der Waals surface area contributed by atoms with Crippen LogP contribution in [0.3, 0.4) is 0 Å². The molecule has 2 aromatic heterocycles. The highest BCUT2D eigenvalue weighted by Gasteiger charge is 2.34. The Morgan fingerprint density at radius 3 is 2.65 bits per heavy atom. The van der Waals surface area contributed by atoms with Gasteiger partial charge >= 0.3 is 6.18 Å². The van der Waals surface area contributed by atoms with Crippen molar-refractivity contribution in [2.24, 2.45) is 5.92 Å². The van der Waals surface area contributed by atoms with E-state index in [0.717, 1.165) is 41.9 Å². The number of benzene rings is 1. The third-order valence-corrected chi connectivity index (χ3v) is 6.31. The Labute approximate surface area is 197 Å². The largest absolute Gasteiger partial charge is 0.417 e. The molecule has 1 amide bonds. The van der Waals surface area contributed by atoms with E-state index < -0.39 is 11.7 Å². The zero-order chi connectivity index (χ0) is 24.3. The summed E-state index contributed by atoms with van der Waals surface area (Å²) in [5.74, 6) is 0.508. The number of aromatic nitrogens is 2. The summed E-state index contributed by atoms with van der Waals surface area (Å²) in [7, 11) is 0. The number of nitrogens with one attached hydrogen (secondary N) is 1. The van der Waals surface area contributed by atoms with E-state index in [0.29, 0.717) is 24.5 Å². The van der Waals surface area contributed by atoms with Crippen LogP contribution in [0.15, 0.2) is 60.9 Å². The van der Waals surface area contributed by atoms with Crippen LogP contribution in [0.4, 0.5) is 19.0 Å². The highest BCUT2D eigenvalue weighted by molar-refractivity contribution is 6.01. The summed E-state index contributed by atoms with van der Waals surface area (Å²) in [6, 6.07) is 13.6. The zero-order valence-corrected chi connectivity index (χ0v) is 19.1. The van der Waals surface area contributed by atoms with Crippen LogP contribution >= 0.6 is 0 Å². The molecular formula is C26H27F3N4O. The smallest absolute Gasteiger partial charge is 0.368 e. The first-order valence-electron chi connectivity index (χ1n) is 11.3. The van der Waals surface area contributed by atoms with Crippen molar-refractivity contribution >= 4 is 11.7 Å². The minimum atomic E-state index is -4.42. The number of hydrogen-bond acceptors (Lipinski definition) is 4. The molecule has 1 aromatic carbocycles. The lowest BCUT2D eigenvalue weighted by Crippen LogP contribution is -2.51. The molecule has 1 aliphatic rings. The molecule has 8 heteroatoms. The summed E-state index contributed by atoms with van der Waals surface area (Å²) in [6.07, 6.45) is -0.0342. The van der Waals surface area contributed by atoms with Crippen LogP contribution < -0.4 is 5.32 Å². The van der Waals surface area contributed by atoms with Gasteiger partial charge < -0.3 is 10.2 Å². The Balaban J connectivity index is 1.57. The molecule has 3 aromatic rings. The average molecular weight is 469 g/mol. The fraction of sp³-hybridized carbons (Fsp3) is 0.346. The number of amides is 1. The maximum Gasteiger partial charge on any atom is 0.417 e. The lowest BCUT2D eigenvalue weighted by molar-refractivity contribution is -0.137. The molecule has 1 aliphatic heterocycles. The van der Waals surface area contributed by atoms with Gasteiger partial charge in [0.2, 0.25) is 0 Å². The number of halogens is 3. The molecule has 0 bridgehead atoms. The van der Waals surface area contributed by atoms with Gasteiger partial charge in [0, 0.05) is 36.6 Å². The third kappa shape index (κ3) is 5.21. The van der Waals surface area contributed by atoms with Crippen LogP contribution in [0.1, 0.15) is 41.3 Å². The van der Waals surface area contributed by atoms with Crippen LogP contribution in [-0.2, 0) is 6.18 Å². The minimum Gasteiger partial charge on any atom is -0.368 e. The van der Waals surface area contributed by atoms with Crippen molar-refractivity contribution in [3.8, 4) is 11.3 Å². The number of nitrogens with zero attached hydrogens (tertiary/aromatic N) is 3. The van der Waals surface area contributed by atoms with Crippen molar-refractivity contribution in [2.45, 2.75) is 38.9 Å². The number of rotatable bonds is 5. The predicted molar refractivity (Wildman–Crippen MR) is 125 cm³/mol. The summed E-state index contributed by atoms with van der Waals surface area (Å²) in [5, 5.41) is 3.13. The predicted octanol–water partition coefficient (Wildman–Crippen LogP) is 5.82. The Kier molecular flexibility index (Phi) is 6.86. The molecular weight excluding hydrogens is 441 g/mol. The molecule has 0 saturated carbocycles. The van der Waals surface area contributed by atoms with E-state index in [1.165, 1.54) is 6.07 Å². The molecule has 1 fully saturated rings. The fourth-order valence-corrected chi connectivity index (χ4v) is 4.42. The molecule has 4 rings (SSSR count). The summed E-state index contributed by atoms with van der Waals surface area (Å²) in [6.45, 7) is 5.07. The van der Waals surface area contributed by atoms with Gasteiger partial charge in [0.05, 0.1) is 17.3 Å². The first kappa shape index (κ1) is 23.7. The Morgan fingerprint density at radius 2 is 1.97 bits per heavy atom. The SMILES string of the molecule is Cc1ccc(-c2ccccn2)c(C(=O)N2CCC[C@@H](C)C2CNc2ccc(C(F)(F)F)cn2)c1. The van der Waals surface area contributed by atoms with Gasteiger partial charge in [0.15, 0.2) is 0 Å². The van der Waals surface area contributed by atoms with Crippen LogP contribution in [-0.4, -0.2) is 39.9 Å². The molecule has 0 aliphatic carbocycles. The lowest BCUT2D eigenvalue weighted by Gasteiger charge is -2.40. The van der Waals surface area contributed by atoms with Crippen LogP contribution in [0, 0.1) is 12.8 Å². The van der Waals surface area contributed by atoms with Crippen molar-refractivity contribution in [2.75, 3.05) is 18.4 Å².